The minimum absolute atomic E-state index is 0.418. The molecule has 0 saturated heterocycles. The number of hydrogen-bond acceptors (Lipinski definition) is 2. The molecule has 3 rings (SSSR count). The van der Waals surface area contributed by atoms with Gasteiger partial charge in [0.15, 0.2) is 0 Å². The van der Waals surface area contributed by atoms with Crippen LogP contribution >= 0.6 is 0 Å². The molecule has 0 radical (unpaired) electrons. The molecule has 0 spiro atoms. The summed E-state index contributed by atoms with van der Waals surface area (Å²) in [4.78, 5) is 4.53. The number of hydrogen-bond donors (Lipinski definition) is 1. The van der Waals surface area contributed by atoms with Crippen LogP contribution in [-0.4, -0.2) is 4.98 Å². The van der Waals surface area contributed by atoms with Gasteiger partial charge < -0.3 is 5.32 Å². The van der Waals surface area contributed by atoms with E-state index in [2.05, 4.69) is 47.6 Å². The Morgan fingerprint density at radius 3 is 2.84 bits per heavy atom. The number of aromatic nitrogens is 1. The van der Waals surface area contributed by atoms with Crippen molar-refractivity contribution in [1.29, 1.82) is 0 Å². The third-order valence-corrected chi connectivity index (χ3v) is 4.00. The SMILES string of the molecule is CCc1ccccc1CNC1CCc2cccnc21. The smallest absolute Gasteiger partial charge is 0.0605 e. The fourth-order valence-electron chi connectivity index (χ4n) is 2.92. The van der Waals surface area contributed by atoms with Crippen molar-refractivity contribution in [3.8, 4) is 0 Å². The van der Waals surface area contributed by atoms with Crippen molar-refractivity contribution in [3.63, 3.8) is 0 Å². The first-order valence-corrected chi connectivity index (χ1v) is 7.12. The molecule has 2 heteroatoms. The van der Waals surface area contributed by atoms with Gasteiger partial charge in [-0.25, -0.2) is 0 Å². The standard InChI is InChI=1S/C17H20N2/c1-2-13-6-3-4-7-15(13)12-19-16-10-9-14-8-5-11-18-17(14)16/h3-8,11,16,19H,2,9-10,12H2,1H3. The average molecular weight is 252 g/mol. The van der Waals surface area contributed by atoms with E-state index in [0.717, 1.165) is 19.4 Å². The fourth-order valence-corrected chi connectivity index (χ4v) is 2.92. The molecule has 1 N–H and O–H groups in total. The summed E-state index contributed by atoms with van der Waals surface area (Å²) in [6.45, 7) is 3.15. The van der Waals surface area contributed by atoms with Crippen molar-refractivity contribution in [2.24, 2.45) is 0 Å². The molecule has 19 heavy (non-hydrogen) atoms. The van der Waals surface area contributed by atoms with Gasteiger partial charge in [0, 0.05) is 12.7 Å². The maximum Gasteiger partial charge on any atom is 0.0605 e. The molecule has 0 fully saturated rings. The van der Waals surface area contributed by atoms with E-state index in [9.17, 15) is 0 Å². The topological polar surface area (TPSA) is 24.9 Å². The summed E-state index contributed by atoms with van der Waals surface area (Å²) in [5.74, 6) is 0. The first-order valence-electron chi connectivity index (χ1n) is 7.12. The molecule has 1 aliphatic rings. The number of fused-ring (bicyclic) bond motifs is 1. The van der Waals surface area contributed by atoms with E-state index >= 15 is 0 Å². The molecule has 0 amide bonds. The van der Waals surface area contributed by atoms with Crippen molar-refractivity contribution < 1.29 is 0 Å². The third kappa shape index (κ3) is 2.54. The summed E-state index contributed by atoms with van der Waals surface area (Å²) in [5.41, 5.74) is 5.50. The van der Waals surface area contributed by atoms with Crippen LogP contribution in [0.25, 0.3) is 0 Å². The summed E-state index contributed by atoms with van der Waals surface area (Å²) in [6.07, 6.45) is 5.31. The van der Waals surface area contributed by atoms with Crippen LogP contribution in [0.15, 0.2) is 42.6 Å². The monoisotopic (exact) mass is 252 g/mol. The van der Waals surface area contributed by atoms with E-state index < -0.39 is 0 Å². The second-order valence-corrected chi connectivity index (χ2v) is 5.14. The number of benzene rings is 1. The lowest BCUT2D eigenvalue weighted by molar-refractivity contribution is 0.520. The molecule has 1 aromatic carbocycles. The maximum absolute atomic E-state index is 4.53. The molecule has 1 heterocycles. The number of nitrogens with one attached hydrogen (secondary N) is 1. The highest BCUT2D eigenvalue weighted by Gasteiger charge is 2.22. The Bertz CT molecular complexity index is 563. The van der Waals surface area contributed by atoms with E-state index in [0.29, 0.717) is 6.04 Å². The molecular formula is C17H20N2. The first-order chi connectivity index (χ1) is 9.38. The Morgan fingerprint density at radius 2 is 2.00 bits per heavy atom. The quantitative estimate of drug-likeness (QED) is 0.902. The van der Waals surface area contributed by atoms with Gasteiger partial charge in [-0.05, 0) is 42.0 Å². The molecule has 1 unspecified atom stereocenters. The van der Waals surface area contributed by atoms with Gasteiger partial charge in [-0.15, -0.1) is 0 Å². The van der Waals surface area contributed by atoms with Crippen molar-refractivity contribution in [1.82, 2.24) is 10.3 Å². The highest BCUT2D eigenvalue weighted by Crippen LogP contribution is 2.29. The number of pyridine rings is 1. The molecule has 2 aromatic rings. The molecule has 0 bridgehead atoms. The van der Waals surface area contributed by atoms with Gasteiger partial charge in [-0.1, -0.05) is 37.3 Å². The summed E-state index contributed by atoms with van der Waals surface area (Å²) in [5, 5.41) is 3.67. The highest BCUT2D eigenvalue weighted by atomic mass is 14.9. The zero-order chi connectivity index (χ0) is 13.1. The number of nitrogens with zero attached hydrogens (tertiary/aromatic N) is 1. The largest absolute Gasteiger partial charge is 0.304 e. The van der Waals surface area contributed by atoms with Crippen LogP contribution in [0.5, 0.6) is 0 Å². The Balaban J connectivity index is 1.71. The van der Waals surface area contributed by atoms with Crippen molar-refractivity contribution in [3.05, 3.63) is 65.0 Å². The first kappa shape index (κ1) is 12.4. The second kappa shape index (κ2) is 5.54. The van der Waals surface area contributed by atoms with E-state index in [1.807, 2.05) is 12.3 Å². The lowest BCUT2D eigenvalue weighted by Gasteiger charge is -2.15. The Hall–Kier alpha value is -1.67. The minimum atomic E-state index is 0.418. The Morgan fingerprint density at radius 1 is 1.16 bits per heavy atom. The van der Waals surface area contributed by atoms with Gasteiger partial charge in [0.1, 0.15) is 0 Å². The zero-order valence-electron chi connectivity index (χ0n) is 11.4. The van der Waals surface area contributed by atoms with Gasteiger partial charge in [-0.3, -0.25) is 4.98 Å². The molecule has 0 saturated carbocycles. The summed E-state index contributed by atoms with van der Waals surface area (Å²) in [7, 11) is 0. The van der Waals surface area contributed by atoms with Crippen LogP contribution in [0.1, 0.15) is 41.8 Å². The third-order valence-electron chi connectivity index (χ3n) is 4.00. The number of aryl methyl sites for hydroxylation is 2. The Labute approximate surface area is 114 Å². The molecular weight excluding hydrogens is 232 g/mol. The lowest BCUT2D eigenvalue weighted by Crippen LogP contribution is -2.20. The molecule has 2 nitrogen and oxygen atoms in total. The number of rotatable bonds is 4. The van der Waals surface area contributed by atoms with Crippen LogP contribution in [0, 0.1) is 0 Å². The van der Waals surface area contributed by atoms with E-state index in [1.165, 1.54) is 28.8 Å². The van der Waals surface area contributed by atoms with Crippen molar-refractivity contribution >= 4 is 0 Å². The van der Waals surface area contributed by atoms with Crippen LogP contribution in [0.3, 0.4) is 0 Å². The predicted octanol–water partition coefficient (Wildman–Crippen LogP) is 3.42. The predicted molar refractivity (Wildman–Crippen MR) is 78.0 cm³/mol. The molecule has 1 aliphatic carbocycles. The Kier molecular flexibility index (Phi) is 3.60. The van der Waals surface area contributed by atoms with Crippen LogP contribution in [-0.2, 0) is 19.4 Å². The van der Waals surface area contributed by atoms with E-state index in [4.69, 9.17) is 0 Å². The fraction of sp³-hybridized carbons (Fsp3) is 0.353. The van der Waals surface area contributed by atoms with Crippen LogP contribution < -0.4 is 5.32 Å². The normalized spacial score (nSPS) is 17.4. The van der Waals surface area contributed by atoms with Gasteiger partial charge in [0.05, 0.1) is 11.7 Å². The van der Waals surface area contributed by atoms with Crippen molar-refractivity contribution in [2.75, 3.05) is 0 Å². The van der Waals surface area contributed by atoms with Gasteiger partial charge >= 0.3 is 0 Å². The zero-order valence-corrected chi connectivity index (χ0v) is 11.4. The molecule has 98 valence electrons. The molecule has 1 atom stereocenters. The van der Waals surface area contributed by atoms with E-state index in [-0.39, 0.29) is 0 Å². The summed E-state index contributed by atoms with van der Waals surface area (Å²) < 4.78 is 0. The van der Waals surface area contributed by atoms with Gasteiger partial charge in [0.25, 0.3) is 0 Å². The maximum atomic E-state index is 4.53. The van der Waals surface area contributed by atoms with Crippen LogP contribution in [0.2, 0.25) is 0 Å². The van der Waals surface area contributed by atoms with Crippen molar-refractivity contribution in [2.45, 2.75) is 38.8 Å². The van der Waals surface area contributed by atoms with E-state index in [1.54, 1.807) is 0 Å². The highest BCUT2D eigenvalue weighted by molar-refractivity contribution is 5.30. The molecule has 1 aromatic heterocycles. The molecule has 0 aliphatic heterocycles. The van der Waals surface area contributed by atoms with Gasteiger partial charge in [-0.2, -0.15) is 0 Å². The summed E-state index contributed by atoms with van der Waals surface area (Å²) >= 11 is 0. The minimum Gasteiger partial charge on any atom is -0.304 e. The average Bonchev–Trinajstić information content (AvgIpc) is 2.89. The van der Waals surface area contributed by atoms with Crippen LogP contribution in [0.4, 0.5) is 0 Å². The van der Waals surface area contributed by atoms with Gasteiger partial charge in [0.2, 0.25) is 0 Å². The lowest BCUT2D eigenvalue weighted by atomic mass is 10.0. The second-order valence-electron chi connectivity index (χ2n) is 5.14. The summed E-state index contributed by atoms with van der Waals surface area (Å²) in [6, 6.07) is 13.3.